The van der Waals surface area contributed by atoms with Crippen molar-refractivity contribution >= 4 is 17.3 Å². The number of amides is 1. The number of nitro groups is 1. The van der Waals surface area contributed by atoms with E-state index in [4.69, 9.17) is 4.74 Å². The number of anilines is 1. The lowest BCUT2D eigenvalue weighted by Crippen LogP contribution is -2.12. The van der Waals surface area contributed by atoms with Crippen molar-refractivity contribution in [2.24, 2.45) is 0 Å². The van der Waals surface area contributed by atoms with E-state index in [1.54, 1.807) is 6.92 Å². The van der Waals surface area contributed by atoms with Gasteiger partial charge in [0.1, 0.15) is 0 Å². The predicted molar refractivity (Wildman–Crippen MR) is 70.9 cm³/mol. The summed E-state index contributed by atoms with van der Waals surface area (Å²) >= 11 is 0. The van der Waals surface area contributed by atoms with E-state index in [0.717, 1.165) is 0 Å². The summed E-state index contributed by atoms with van der Waals surface area (Å²) in [6.07, 6.45) is 1.39. The number of methoxy groups -OCH3 is 1. The molecule has 0 bridgehead atoms. The Balaban J connectivity index is 2.26. The fourth-order valence-electron chi connectivity index (χ4n) is 1.69. The summed E-state index contributed by atoms with van der Waals surface area (Å²) in [4.78, 5) is 22.3. The molecule has 0 aliphatic heterocycles. The van der Waals surface area contributed by atoms with Gasteiger partial charge in [-0.25, -0.2) is 0 Å². The maximum Gasteiger partial charge on any atom is 0.312 e. The summed E-state index contributed by atoms with van der Waals surface area (Å²) in [7, 11) is 1.34. The quantitative estimate of drug-likeness (QED) is 0.654. The average molecular weight is 276 g/mol. The number of rotatable bonds is 4. The van der Waals surface area contributed by atoms with Crippen molar-refractivity contribution in [3.8, 4) is 5.75 Å². The molecule has 8 heteroatoms. The highest BCUT2D eigenvalue weighted by Crippen LogP contribution is 2.29. The summed E-state index contributed by atoms with van der Waals surface area (Å²) < 4.78 is 4.89. The summed E-state index contributed by atoms with van der Waals surface area (Å²) in [5, 5.41) is 19.9. The number of nitrogens with one attached hydrogen (secondary N) is 2. The normalized spacial score (nSPS) is 10.1. The molecule has 0 fully saturated rings. The molecular weight excluding hydrogens is 264 g/mol. The topological polar surface area (TPSA) is 110 Å². The van der Waals surface area contributed by atoms with Crippen LogP contribution in [0.15, 0.2) is 24.4 Å². The molecule has 1 amide bonds. The lowest BCUT2D eigenvalue weighted by Gasteiger charge is -2.06. The van der Waals surface area contributed by atoms with Gasteiger partial charge in [-0.1, -0.05) is 0 Å². The molecule has 0 saturated heterocycles. The van der Waals surface area contributed by atoms with Crippen molar-refractivity contribution in [2.75, 3.05) is 12.4 Å². The van der Waals surface area contributed by atoms with Crippen LogP contribution in [0.4, 0.5) is 11.4 Å². The van der Waals surface area contributed by atoms with E-state index in [1.807, 2.05) is 0 Å². The highest BCUT2D eigenvalue weighted by Gasteiger charge is 2.17. The number of aromatic amines is 1. The Morgan fingerprint density at radius 2 is 2.25 bits per heavy atom. The number of nitrogens with zero attached hydrogens (tertiary/aromatic N) is 2. The Bertz CT molecular complexity index is 665. The summed E-state index contributed by atoms with van der Waals surface area (Å²) in [5.41, 5.74) is 1.09. The molecule has 0 atom stereocenters. The highest BCUT2D eigenvalue weighted by atomic mass is 16.6. The maximum absolute atomic E-state index is 12.0. The molecule has 0 spiro atoms. The zero-order chi connectivity index (χ0) is 14.7. The number of aryl methyl sites for hydroxylation is 1. The monoisotopic (exact) mass is 276 g/mol. The molecule has 2 rings (SSSR count). The Morgan fingerprint density at radius 3 is 2.80 bits per heavy atom. The molecule has 2 N–H and O–H groups in total. The molecule has 0 radical (unpaired) electrons. The third-order valence-electron chi connectivity index (χ3n) is 2.71. The van der Waals surface area contributed by atoms with Gasteiger partial charge in [0.15, 0.2) is 5.75 Å². The van der Waals surface area contributed by atoms with Crippen LogP contribution in [0.25, 0.3) is 0 Å². The van der Waals surface area contributed by atoms with E-state index in [0.29, 0.717) is 16.9 Å². The van der Waals surface area contributed by atoms with Crippen LogP contribution in [0.1, 0.15) is 16.1 Å². The van der Waals surface area contributed by atoms with Crippen LogP contribution in [0.5, 0.6) is 5.75 Å². The Labute approximate surface area is 113 Å². The first kappa shape index (κ1) is 13.5. The van der Waals surface area contributed by atoms with Gasteiger partial charge < -0.3 is 10.1 Å². The summed E-state index contributed by atoms with van der Waals surface area (Å²) in [6.45, 7) is 1.71. The van der Waals surface area contributed by atoms with Crippen molar-refractivity contribution < 1.29 is 14.5 Å². The van der Waals surface area contributed by atoms with Crippen LogP contribution >= 0.6 is 0 Å². The number of benzene rings is 1. The number of aromatic nitrogens is 2. The average Bonchev–Trinajstić information content (AvgIpc) is 2.85. The lowest BCUT2D eigenvalue weighted by atomic mass is 10.2. The third kappa shape index (κ3) is 2.58. The lowest BCUT2D eigenvalue weighted by molar-refractivity contribution is -0.385. The first-order valence-corrected chi connectivity index (χ1v) is 5.66. The molecular formula is C12H12N4O4. The number of hydrogen-bond acceptors (Lipinski definition) is 5. The van der Waals surface area contributed by atoms with Gasteiger partial charge in [0, 0.05) is 17.4 Å². The van der Waals surface area contributed by atoms with E-state index < -0.39 is 10.8 Å². The molecule has 20 heavy (non-hydrogen) atoms. The Kier molecular flexibility index (Phi) is 3.65. The van der Waals surface area contributed by atoms with Gasteiger partial charge in [0.05, 0.1) is 23.8 Å². The molecule has 2 aromatic rings. The van der Waals surface area contributed by atoms with Crippen molar-refractivity contribution in [3.05, 3.63) is 45.8 Å². The molecule has 8 nitrogen and oxygen atoms in total. The van der Waals surface area contributed by atoms with E-state index in [1.165, 1.54) is 31.5 Å². The molecule has 104 valence electrons. The third-order valence-corrected chi connectivity index (χ3v) is 2.71. The standard InChI is InChI=1S/C12H12N4O4/c1-7-9(6-13-15-7)12(17)14-8-3-4-11(20-2)10(5-8)16(18)19/h3-6H,1-2H3,(H,13,15)(H,14,17). The van der Waals surface area contributed by atoms with Crippen LogP contribution in [0, 0.1) is 17.0 Å². The van der Waals surface area contributed by atoms with Gasteiger partial charge in [-0.3, -0.25) is 20.0 Å². The van der Waals surface area contributed by atoms with Crippen molar-refractivity contribution in [3.63, 3.8) is 0 Å². The number of nitro benzene ring substituents is 1. The van der Waals surface area contributed by atoms with Crippen molar-refractivity contribution in [1.82, 2.24) is 10.2 Å². The van der Waals surface area contributed by atoms with Crippen molar-refractivity contribution in [1.29, 1.82) is 0 Å². The van der Waals surface area contributed by atoms with E-state index in [9.17, 15) is 14.9 Å². The van der Waals surface area contributed by atoms with Crippen molar-refractivity contribution in [2.45, 2.75) is 6.92 Å². The number of carbonyl (C=O) groups is 1. The Hall–Kier alpha value is -2.90. The minimum Gasteiger partial charge on any atom is -0.490 e. The molecule has 0 saturated carbocycles. The second-order valence-electron chi connectivity index (χ2n) is 4.01. The smallest absolute Gasteiger partial charge is 0.312 e. The zero-order valence-corrected chi connectivity index (χ0v) is 10.8. The predicted octanol–water partition coefficient (Wildman–Crippen LogP) is 1.89. The second-order valence-corrected chi connectivity index (χ2v) is 4.01. The second kappa shape index (κ2) is 5.39. The van der Waals surface area contributed by atoms with Gasteiger partial charge in [0.25, 0.3) is 5.91 Å². The van der Waals surface area contributed by atoms with Gasteiger partial charge in [-0.15, -0.1) is 0 Å². The molecule has 0 aliphatic carbocycles. The fourth-order valence-corrected chi connectivity index (χ4v) is 1.69. The fraction of sp³-hybridized carbons (Fsp3) is 0.167. The minimum atomic E-state index is -0.572. The molecule has 1 aromatic heterocycles. The van der Waals surface area contributed by atoms with Crippen LogP contribution < -0.4 is 10.1 Å². The molecule has 1 aromatic carbocycles. The largest absolute Gasteiger partial charge is 0.490 e. The van der Waals surface area contributed by atoms with Crippen LogP contribution in [-0.2, 0) is 0 Å². The van der Waals surface area contributed by atoms with Gasteiger partial charge >= 0.3 is 5.69 Å². The first-order chi connectivity index (χ1) is 9.52. The summed E-state index contributed by atoms with van der Waals surface area (Å²) in [5.74, 6) is -0.261. The zero-order valence-electron chi connectivity index (χ0n) is 10.8. The summed E-state index contributed by atoms with van der Waals surface area (Å²) in [6, 6.07) is 4.20. The molecule has 0 aliphatic rings. The highest BCUT2D eigenvalue weighted by molar-refractivity contribution is 6.05. The van der Waals surface area contributed by atoms with Crippen LogP contribution in [0.3, 0.4) is 0 Å². The first-order valence-electron chi connectivity index (χ1n) is 5.66. The van der Waals surface area contributed by atoms with Crippen LogP contribution in [-0.4, -0.2) is 28.1 Å². The number of carbonyl (C=O) groups excluding carboxylic acids is 1. The van der Waals surface area contributed by atoms with E-state index in [2.05, 4.69) is 15.5 Å². The van der Waals surface area contributed by atoms with E-state index in [-0.39, 0.29) is 11.4 Å². The molecule has 1 heterocycles. The van der Waals surface area contributed by atoms with E-state index >= 15 is 0 Å². The van der Waals surface area contributed by atoms with Gasteiger partial charge in [-0.05, 0) is 19.1 Å². The minimum absolute atomic E-state index is 0.132. The number of hydrogen-bond donors (Lipinski definition) is 2. The van der Waals surface area contributed by atoms with Crippen LogP contribution in [0.2, 0.25) is 0 Å². The van der Waals surface area contributed by atoms with Gasteiger partial charge in [-0.2, -0.15) is 5.10 Å². The maximum atomic E-state index is 12.0. The number of H-pyrrole nitrogens is 1. The van der Waals surface area contributed by atoms with Gasteiger partial charge in [0.2, 0.25) is 0 Å². The number of ether oxygens (including phenoxy) is 1. The molecule has 0 unspecified atom stereocenters. The SMILES string of the molecule is COc1ccc(NC(=O)c2cn[nH]c2C)cc1[N+](=O)[O-]. The Morgan fingerprint density at radius 1 is 1.50 bits per heavy atom.